The van der Waals surface area contributed by atoms with Gasteiger partial charge in [0.2, 0.25) is 0 Å². The van der Waals surface area contributed by atoms with Gasteiger partial charge in [0.25, 0.3) is 0 Å². The fraction of sp³-hybridized carbons (Fsp3) is 0.917. The van der Waals surface area contributed by atoms with Crippen molar-refractivity contribution in [2.45, 2.75) is 257 Å². The van der Waals surface area contributed by atoms with Gasteiger partial charge in [0.1, 0.15) is 12.2 Å². The molecule has 10 nitrogen and oxygen atoms in total. The van der Waals surface area contributed by atoms with Gasteiger partial charge in [0.15, 0.2) is 0 Å². The lowest BCUT2D eigenvalue weighted by atomic mass is 10.0. The van der Waals surface area contributed by atoms with E-state index in [1.807, 2.05) is 0 Å². The number of unbranched alkanes of at least 4 members (excludes halogenated alkanes) is 31. The average molecular weight is 861 g/mol. The smallest absolute Gasteiger partial charge is 0.457 e. The maximum atomic E-state index is 12.4. The van der Waals surface area contributed by atoms with Gasteiger partial charge in [-0.25, -0.2) is 4.57 Å². The number of rotatable bonds is 47. The fourth-order valence-electron chi connectivity index (χ4n) is 7.17. The number of allylic oxidation sites excluding steroid dienone is 2. The van der Waals surface area contributed by atoms with Crippen LogP contribution in [0.25, 0.3) is 0 Å². The Morgan fingerprint density at radius 3 is 1.00 bits per heavy atom. The molecule has 59 heavy (non-hydrogen) atoms. The lowest BCUT2D eigenvalue weighted by Crippen LogP contribution is -2.28. The van der Waals surface area contributed by atoms with Crippen LogP contribution in [0.3, 0.4) is 0 Å². The molecule has 0 aromatic rings. The van der Waals surface area contributed by atoms with Gasteiger partial charge >= 0.3 is 19.8 Å². The van der Waals surface area contributed by atoms with Gasteiger partial charge in [-0.1, -0.05) is 206 Å². The van der Waals surface area contributed by atoms with Crippen LogP contribution in [-0.2, 0) is 32.7 Å². The maximum absolute atomic E-state index is 12.4. The molecule has 0 heterocycles. The summed E-state index contributed by atoms with van der Waals surface area (Å²) in [5.74, 6) is -1.02. The van der Waals surface area contributed by atoms with Crippen molar-refractivity contribution in [2.75, 3.05) is 26.4 Å². The van der Waals surface area contributed by atoms with Crippen molar-refractivity contribution >= 4 is 19.8 Å². The zero-order valence-electron chi connectivity index (χ0n) is 38.2. The Morgan fingerprint density at radius 2 is 0.695 bits per heavy atom. The second kappa shape index (κ2) is 44.8. The van der Waals surface area contributed by atoms with Gasteiger partial charge in [-0.15, -0.1) is 0 Å². The molecule has 0 spiro atoms. The number of ether oxygens (including phenoxy) is 2. The normalized spacial score (nSPS) is 13.8. The van der Waals surface area contributed by atoms with E-state index in [2.05, 4.69) is 26.0 Å². The van der Waals surface area contributed by atoms with Crippen molar-refractivity contribution < 1.29 is 47.8 Å². The first kappa shape index (κ1) is 57.7. The minimum Gasteiger partial charge on any atom is -0.457 e. The van der Waals surface area contributed by atoms with E-state index in [-0.39, 0.29) is 12.8 Å². The molecule has 0 aromatic carbocycles. The number of hydrogen-bond donors (Lipinski definition) is 3. The topological polar surface area (TPSA) is 149 Å². The first-order valence-electron chi connectivity index (χ1n) is 24.6. The fourth-order valence-corrected chi connectivity index (χ4v) is 7.95. The number of phosphoric acid groups is 1. The molecule has 0 aliphatic heterocycles. The van der Waals surface area contributed by atoms with E-state index in [4.69, 9.17) is 18.5 Å². The predicted octanol–water partition coefficient (Wildman–Crippen LogP) is 13.6. The number of phosphoric ester groups is 1. The van der Waals surface area contributed by atoms with Crippen molar-refractivity contribution in [3.05, 3.63) is 12.2 Å². The summed E-state index contributed by atoms with van der Waals surface area (Å²) in [6.45, 7) is 2.21. The summed E-state index contributed by atoms with van der Waals surface area (Å²) < 4.78 is 32.6. The van der Waals surface area contributed by atoms with Crippen LogP contribution in [0.2, 0.25) is 0 Å². The Bertz CT molecular complexity index is 993. The van der Waals surface area contributed by atoms with Crippen LogP contribution in [0.15, 0.2) is 12.2 Å². The lowest BCUT2D eigenvalue weighted by molar-refractivity contribution is -0.153. The third-order valence-electron chi connectivity index (χ3n) is 11.0. The molecule has 0 fully saturated rings. The minimum atomic E-state index is -4.63. The third kappa shape index (κ3) is 43.2. The number of aliphatic hydroxyl groups excluding tert-OH is 2. The van der Waals surface area contributed by atoms with E-state index in [9.17, 15) is 29.3 Å². The van der Waals surface area contributed by atoms with Crippen LogP contribution in [-0.4, -0.2) is 65.7 Å². The standard InChI is InChI=1S/C48H93O10P/c1-3-5-7-9-11-13-15-17-18-19-20-21-22-23-24-25-26-27-28-30-32-34-36-38-40-48(52)58-46(42-50)44-56-59(53,54)55-43-45(41-49)57-47(51)39-37-35-33-31-29-16-14-12-10-8-6-4-2/h12,14,45-46,49-50H,3-11,13,15-44H2,1-2H3,(H,53,54)/b14-12-. The number of esters is 2. The molecule has 0 saturated carbocycles. The molecule has 0 bridgehead atoms. The molecule has 3 atom stereocenters. The summed E-state index contributed by atoms with van der Waals surface area (Å²) in [5.41, 5.74) is 0. The van der Waals surface area contributed by atoms with Gasteiger partial charge < -0.3 is 24.6 Å². The molecule has 3 N–H and O–H groups in total. The number of carbonyl (C=O) groups excluding carboxylic acids is 2. The first-order chi connectivity index (χ1) is 28.8. The Morgan fingerprint density at radius 1 is 0.441 bits per heavy atom. The van der Waals surface area contributed by atoms with Gasteiger partial charge in [-0.3, -0.25) is 18.6 Å². The predicted molar refractivity (Wildman–Crippen MR) is 242 cm³/mol. The Hall–Kier alpha value is -1.29. The number of aliphatic hydroxyl groups is 2. The molecule has 3 unspecified atom stereocenters. The van der Waals surface area contributed by atoms with Crippen LogP contribution in [0, 0.1) is 0 Å². The van der Waals surface area contributed by atoms with E-state index in [1.54, 1.807) is 0 Å². The second-order valence-corrected chi connectivity index (χ2v) is 18.3. The van der Waals surface area contributed by atoms with Crippen molar-refractivity contribution in [1.82, 2.24) is 0 Å². The molecular formula is C48H93O10P. The lowest BCUT2D eigenvalue weighted by Gasteiger charge is -2.20. The number of hydrogen-bond acceptors (Lipinski definition) is 9. The van der Waals surface area contributed by atoms with E-state index >= 15 is 0 Å². The summed E-state index contributed by atoms with van der Waals surface area (Å²) in [6.07, 6.45) is 44.9. The molecule has 0 saturated heterocycles. The van der Waals surface area contributed by atoms with Crippen LogP contribution < -0.4 is 0 Å². The van der Waals surface area contributed by atoms with Crippen LogP contribution >= 0.6 is 7.82 Å². The quantitative estimate of drug-likeness (QED) is 0.0234. The highest BCUT2D eigenvalue weighted by atomic mass is 31.2. The maximum Gasteiger partial charge on any atom is 0.472 e. The molecule has 0 aliphatic carbocycles. The summed E-state index contributed by atoms with van der Waals surface area (Å²) >= 11 is 0. The zero-order chi connectivity index (χ0) is 43.3. The van der Waals surface area contributed by atoms with Gasteiger partial charge in [-0.05, 0) is 38.5 Å². The summed E-state index contributed by atoms with van der Waals surface area (Å²) in [7, 11) is -4.63. The van der Waals surface area contributed by atoms with Gasteiger partial charge in [0.05, 0.1) is 26.4 Å². The van der Waals surface area contributed by atoms with Crippen molar-refractivity contribution in [3.8, 4) is 0 Å². The first-order valence-corrected chi connectivity index (χ1v) is 26.1. The van der Waals surface area contributed by atoms with Crippen LogP contribution in [0.1, 0.15) is 245 Å². The largest absolute Gasteiger partial charge is 0.472 e. The molecule has 0 rings (SSSR count). The Labute approximate surface area is 362 Å². The van der Waals surface area contributed by atoms with E-state index in [1.165, 1.54) is 148 Å². The van der Waals surface area contributed by atoms with E-state index in [0.717, 1.165) is 57.8 Å². The highest BCUT2D eigenvalue weighted by Crippen LogP contribution is 2.43. The SMILES string of the molecule is CCCCC/C=C\CCCCCCCC(=O)OC(CO)COP(=O)(O)OCC(CO)OC(=O)CCCCCCCCCCCCCCCCCCCCCCCCCC. The summed E-state index contributed by atoms with van der Waals surface area (Å²) in [4.78, 5) is 34.6. The molecule has 0 aliphatic rings. The molecular weight excluding hydrogens is 767 g/mol. The number of carbonyl (C=O) groups is 2. The van der Waals surface area contributed by atoms with Gasteiger partial charge in [-0.2, -0.15) is 0 Å². The van der Waals surface area contributed by atoms with Crippen LogP contribution in [0.4, 0.5) is 0 Å². The van der Waals surface area contributed by atoms with Gasteiger partial charge in [0, 0.05) is 12.8 Å². The summed E-state index contributed by atoms with van der Waals surface area (Å²) in [6, 6.07) is 0. The summed E-state index contributed by atoms with van der Waals surface area (Å²) in [5, 5.41) is 19.2. The highest BCUT2D eigenvalue weighted by molar-refractivity contribution is 7.47. The van der Waals surface area contributed by atoms with E-state index < -0.39 is 58.4 Å². The van der Waals surface area contributed by atoms with E-state index in [0.29, 0.717) is 12.8 Å². The molecule has 0 aromatic heterocycles. The molecule has 350 valence electrons. The molecule has 11 heteroatoms. The third-order valence-corrected chi connectivity index (χ3v) is 11.9. The minimum absolute atomic E-state index is 0.185. The Kier molecular flexibility index (Phi) is 43.8. The Balaban J connectivity index is 3.77. The second-order valence-electron chi connectivity index (χ2n) is 16.8. The highest BCUT2D eigenvalue weighted by Gasteiger charge is 2.27. The molecule has 0 radical (unpaired) electrons. The van der Waals surface area contributed by atoms with Crippen molar-refractivity contribution in [1.29, 1.82) is 0 Å². The van der Waals surface area contributed by atoms with Crippen molar-refractivity contribution in [3.63, 3.8) is 0 Å². The monoisotopic (exact) mass is 861 g/mol. The average Bonchev–Trinajstić information content (AvgIpc) is 3.22. The molecule has 0 amide bonds. The van der Waals surface area contributed by atoms with Crippen LogP contribution in [0.5, 0.6) is 0 Å². The zero-order valence-corrected chi connectivity index (χ0v) is 39.1. The van der Waals surface area contributed by atoms with Crippen molar-refractivity contribution in [2.24, 2.45) is 0 Å².